The monoisotopic (exact) mass is 575 g/mol. The van der Waals surface area contributed by atoms with Crippen LogP contribution in [0, 0.1) is 12.3 Å². The molecule has 40 heavy (non-hydrogen) atoms. The summed E-state index contributed by atoms with van der Waals surface area (Å²) >= 11 is 1.52. The highest BCUT2D eigenvalue weighted by atomic mass is 32.1. The van der Waals surface area contributed by atoms with Crippen molar-refractivity contribution in [3.63, 3.8) is 0 Å². The van der Waals surface area contributed by atoms with Gasteiger partial charge < -0.3 is 14.5 Å². The minimum atomic E-state index is -3.01. The second-order valence-electron chi connectivity index (χ2n) is 9.38. The van der Waals surface area contributed by atoms with Crippen LogP contribution in [0.25, 0.3) is 0 Å². The molecule has 2 aliphatic rings. The third kappa shape index (κ3) is 6.12. The van der Waals surface area contributed by atoms with E-state index in [0.717, 1.165) is 22.0 Å². The lowest BCUT2D eigenvalue weighted by molar-refractivity contribution is -0.133. The van der Waals surface area contributed by atoms with Gasteiger partial charge >= 0.3 is 0 Å². The molecule has 0 radical (unpaired) electrons. The highest BCUT2D eigenvalue weighted by Crippen LogP contribution is 2.35. The Balaban J connectivity index is 1.15. The van der Waals surface area contributed by atoms with Crippen molar-refractivity contribution in [1.29, 1.82) is 0 Å². The van der Waals surface area contributed by atoms with E-state index in [0.29, 0.717) is 48.8 Å². The SMILES string of the molecule is C#CCOc1cccc(C2CC(c3csc(C4CCN(C(=O)Cn5nc(C(F)F)cc5C(F)F)CC4)n3)=NO2)c1. The Morgan fingerprint density at radius 3 is 2.73 bits per heavy atom. The van der Waals surface area contributed by atoms with Crippen LogP contribution in [0.4, 0.5) is 17.6 Å². The van der Waals surface area contributed by atoms with Gasteiger partial charge in [-0.2, -0.15) is 5.10 Å². The largest absolute Gasteiger partial charge is 0.481 e. The maximum absolute atomic E-state index is 13.3. The Kier molecular flexibility index (Phi) is 8.35. The second kappa shape index (κ2) is 12.1. The number of rotatable bonds is 9. The third-order valence-electron chi connectivity index (χ3n) is 6.80. The van der Waals surface area contributed by atoms with Gasteiger partial charge in [-0.1, -0.05) is 23.2 Å². The molecule has 1 aromatic carbocycles. The van der Waals surface area contributed by atoms with Crippen molar-refractivity contribution in [2.75, 3.05) is 19.7 Å². The van der Waals surface area contributed by atoms with Gasteiger partial charge in [0.1, 0.15) is 36.0 Å². The predicted octanol–water partition coefficient (Wildman–Crippen LogP) is 5.50. The maximum atomic E-state index is 13.3. The van der Waals surface area contributed by atoms with Gasteiger partial charge in [0, 0.05) is 30.8 Å². The van der Waals surface area contributed by atoms with Gasteiger partial charge in [0.25, 0.3) is 12.9 Å². The highest BCUT2D eigenvalue weighted by molar-refractivity contribution is 7.10. The van der Waals surface area contributed by atoms with E-state index >= 15 is 0 Å². The number of hydrogen-bond acceptors (Lipinski definition) is 7. The van der Waals surface area contributed by atoms with Crippen LogP contribution >= 0.6 is 11.3 Å². The maximum Gasteiger partial charge on any atom is 0.282 e. The van der Waals surface area contributed by atoms with Crippen LogP contribution in [0.2, 0.25) is 0 Å². The Bertz CT molecular complexity index is 1430. The molecule has 2 aliphatic heterocycles. The molecule has 0 saturated carbocycles. The molecular formula is C27H25F4N5O3S. The van der Waals surface area contributed by atoms with Crippen LogP contribution in [0.3, 0.4) is 0 Å². The number of nitrogens with zero attached hydrogens (tertiary/aromatic N) is 5. The molecule has 0 bridgehead atoms. The van der Waals surface area contributed by atoms with Crippen molar-refractivity contribution >= 4 is 23.0 Å². The topological polar surface area (TPSA) is 81.8 Å². The number of piperidine rings is 1. The van der Waals surface area contributed by atoms with E-state index < -0.39 is 36.7 Å². The van der Waals surface area contributed by atoms with E-state index in [1.54, 1.807) is 4.90 Å². The van der Waals surface area contributed by atoms with Crippen molar-refractivity contribution in [2.24, 2.45) is 5.16 Å². The van der Waals surface area contributed by atoms with Crippen molar-refractivity contribution < 1.29 is 31.9 Å². The smallest absolute Gasteiger partial charge is 0.282 e. The van der Waals surface area contributed by atoms with E-state index in [9.17, 15) is 22.4 Å². The van der Waals surface area contributed by atoms with E-state index in [1.807, 2.05) is 29.6 Å². The fourth-order valence-electron chi connectivity index (χ4n) is 4.71. The lowest BCUT2D eigenvalue weighted by Gasteiger charge is -2.31. The molecule has 210 valence electrons. The number of carbonyl (C=O) groups excluding carboxylic acids is 1. The summed E-state index contributed by atoms with van der Waals surface area (Å²) in [5.74, 6) is 2.77. The molecule has 1 unspecified atom stereocenters. The number of carbonyl (C=O) groups is 1. The number of benzene rings is 1. The summed E-state index contributed by atoms with van der Waals surface area (Å²) in [6.07, 6.45) is 0.812. The molecule has 5 rings (SSSR count). The number of likely N-dealkylation sites (tertiary alicyclic amines) is 1. The third-order valence-corrected chi connectivity index (χ3v) is 7.80. The first kappa shape index (κ1) is 27.6. The van der Waals surface area contributed by atoms with Crippen molar-refractivity contribution in [3.8, 4) is 18.1 Å². The van der Waals surface area contributed by atoms with Crippen LogP contribution in [-0.2, 0) is 16.2 Å². The van der Waals surface area contributed by atoms with Gasteiger partial charge in [-0.05, 0) is 36.6 Å². The number of thiazole rings is 1. The summed E-state index contributed by atoms with van der Waals surface area (Å²) in [4.78, 5) is 24.7. The molecule has 8 nitrogen and oxygen atoms in total. The molecule has 1 saturated heterocycles. The normalized spacial score (nSPS) is 17.7. The van der Waals surface area contributed by atoms with E-state index in [2.05, 4.69) is 16.2 Å². The number of aromatic nitrogens is 3. The second-order valence-corrected chi connectivity index (χ2v) is 10.3. The molecule has 0 aliphatic carbocycles. The van der Waals surface area contributed by atoms with Crippen molar-refractivity contribution in [1.82, 2.24) is 19.7 Å². The molecule has 13 heteroatoms. The first-order chi connectivity index (χ1) is 19.3. The molecule has 1 amide bonds. The van der Waals surface area contributed by atoms with Gasteiger partial charge in [0.2, 0.25) is 5.91 Å². The molecule has 1 atom stereocenters. The fraction of sp³-hybridized carbons (Fsp3) is 0.407. The number of halogens is 4. The van der Waals surface area contributed by atoms with Crippen LogP contribution in [0.1, 0.15) is 71.8 Å². The Morgan fingerprint density at radius 2 is 2.00 bits per heavy atom. The predicted molar refractivity (Wildman–Crippen MR) is 139 cm³/mol. The van der Waals surface area contributed by atoms with E-state index in [1.165, 1.54) is 11.3 Å². The Labute approximate surface area is 231 Å². The van der Waals surface area contributed by atoms with Gasteiger partial charge in [0.05, 0.1) is 10.7 Å². The number of alkyl halides is 4. The number of amides is 1. The molecular weight excluding hydrogens is 550 g/mol. The summed E-state index contributed by atoms with van der Waals surface area (Å²) in [6, 6.07) is 8.15. The van der Waals surface area contributed by atoms with Gasteiger partial charge in [-0.25, -0.2) is 22.5 Å². The molecule has 0 N–H and O–H groups in total. The first-order valence-electron chi connectivity index (χ1n) is 12.6. The highest BCUT2D eigenvalue weighted by Gasteiger charge is 2.30. The van der Waals surface area contributed by atoms with E-state index in [4.69, 9.17) is 21.0 Å². The Hall–Kier alpha value is -3.92. The lowest BCUT2D eigenvalue weighted by Crippen LogP contribution is -2.40. The van der Waals surface area contributed by atoms with Gasteiger partial charge in [-0.15, -0.1) is 17.8 Å². The average molecular weight is 576 g/mol. The van der Waals surface area contributed by atoms with E-state index in [-0.39, 0.29) is 18.6 Å². The zero-order valence-corrected chi connectivity index (χ0v) is 22.0. The minimum Gasteiger partial charge on any atom is -0.481 e. The van der Waals surface area contributed by atoms with Crippen LogP contribution < -0.4 is 4.74 Å². The summed E-state index contributed by atoms with van der Waals surface area (Å²) < 4.78 is 58.5. The van der Waals surface area contributed by atoms with Gasteiger partial charge in [-0.3, -0.25) is 9.48 Å². The summed E-state index contributed by atoms with van der Waals surface area (Å²) in [6.45, 7) is 0.459. The zero-order valence-electron chi connectivity index (χ0n) is 21.2. The first-order valence-corrected chi connectivity index (χ1v) is 13.5. The molecule has 3 aromatic rings. The zero-order chi connectivity index (χ0) is 28.2. The minimum absolute atomic E-state index is 0.123. The quantitative estimate of drug-likeness (QED) is 0.249. The van der Waals surface area contributed by atoms with Crippen LogP contribution in [0.15, 0.2) is 40.9 Å². The molecule has 2 aromatic heterocycles. The number of oxime groups is 1. The Morgan fingerprint density at radius 1 is 1.20 bits per heavy atom. The van der Waals surface area contributed by atoms with Crippen molar-refractivity contribution in [2.45, 2.75) is 50.7 Å². The average Bonchev–Trinajstić information content (AvgIpc) is 3.72. The number of terminal acetylenes is 1. The molecule has 4 heterocycles. The van der Waals surface area contributed by atoms with Gasteiger partial charge in [0.15, 0.2) is 6.10 Å². The standard InChI is InChI=1S/C27H25F4N5O3S/c1-2-10-38-18-5-3-4-17(11-18)23-13-19(34-39-23)21-15-40-27(32-21)16-6-8-35(9-7-16)24(37)14-36-22(26(30)31)12-20(33-36)25(28)29/h1,3-5,11-12,15-16,23,25-26H,6-10,13-14H2. The fourth-order valence-corrected chi connectivity index (χ4v) is 5.71. The van der Waals surface area contributed by atoms with Crippen LogP contribution in [0.5, 0.6) is 5.75 Å². The molecule has 0 spiro atoms. The summed E-state index contributed by atoms with van der Waals surface area (Å²) in [5, 5.41) is 10.6. The summed E-state index contributed by atoms with van der Waals surface area (Å²) in [7, 11) is 0. The summed E-state index contributed by atoms with van der Waals surface area (Å²) in [5.41, 5.74) is 0.940. The number of ether oxygens (including phenoxy) is 1. The number of hydrogen-bond donors (Lipinski definition) is 0. The van der Waals surface area contributed by atoms with Crippen LogP contribution in [-0.4, -0.2) is 51.0 Å². The van der Waals surface area contributed by atoms with Crippen molar-refractivity contribution in [3.05, 3.63) is 63.4 Å². The molecule has 1 fully saturated rings. The lowest BCUT2D eigenvalue weighted by atomic mass is 9.97.